The highest BCUT2D eigenvalue weighted by Gasteiger charge is 2.18. The maximum absolute atomic E-state index is 13.0. The summed E-state index contributed by atoms with van der Waals surface area (Å²) in [5, 5.41) is 0. The molecular formula is C25H26N2O2. The molecule has 1 heterocycles. The van der Waals surface area contributed by atoms with Crippen molar-refractivity contribution in [3.8, 4) is 16.9 Å². The number of esters is 1. The lowest BCUT2D eigenvalue weighted by molar-refractivity contribution is 0.0732. The minimum absolute atomic E-state index is 0.345. The Labute approximate surface area is 171 Å². The van der Waals surface area contributed by atoms with E-state index in [4.69, 9.17) is 10.5 Å². The molecule has 0 radical (unpaired) electrons. The van der Waals surface area contributed by atoms with Crippen molar-refractivity contribution in [1.29, 1.82) is 0 Å². The number of ether oxygens (including phenoxy) is 1. The van der Waals surface area contributed by atoms with E-state index in [1.165, 1.54) is 19.3 Å². The van der Waals surface area contributed by atoms with Crippen LogP contribution in [-0.2, 0) is 6.54 Å². The van der Waals surface area contributed by atoms with Crippen LogP contribution < -0.4 is 10.5 Å². The number of piperidine rings is 1. The Kier molecular flexibility index (Phi) is 5.92. The average Bonchev–Trinajstić information content (AvgIpc) is 2.75. The van der Waals surface area contributed by atoms with Crippen molar-refractivity contribution >= 4 is 11.7 Å². The molecule has 0 unspecified atom stereocenters. The molecule has 148 valence electrons. The Hall–Kier alpha value is -3.11. The second kappa shape index (κ2) is 8.93. The van der Waals surface area contributed by atoms with E-state index in [1.54, 1.807) is 24.3 Å². The number of hydrogen-bond donors (Lipinski definition) is 1. The van der Waals surface area contributed by atoms with Crippen LogP contribution in [0.2, 0.25) is 0 Å². The maximum Gasteiger partial charge on any atom is 0.343 e. The molecule has 4 heteroatoms. The first-order valence-corrected chi connectivity index (χ1v) is 10.2. The highest BCUT2D eigenvalue weighted by molar-refractivity contribution is 5.93. The second-order valence-electron chi connectivity index (χ2n) is 7.54. The number of nitrogens with zero attached hydrogens (tertiary/aromatic N) is 1. The van der Waals surface area contributed by atoms with Gasteiger partial charge in [0.15, 0.2) is 0 Å². The lowest BCUT2D eigenvalue weighted by Crippen LogP contribution is -2.30. The van der Waals surface area contributed by atoms with Gasteiger partial charge in [0.25, 0.3) is 0 Å². The topological polar surface area (TPSA) is 55.6 Å². The van der Waals surface area contributed by atoms with Gasteiger partial charge in [-0.3, -0.25) is 4.90 Å². The molecule has 1 aliphatic heterocycles. The quantitative estimate of drug-likeness (QED) is 0.375. The highest BCUT2D eigenvalue weighted by Crippen LogP contribution is 2.26. The summed E-state index contributed by atoms with van der Waals surface area (Å²) in [6.07, 6.45) is 3.70. The number of nitrogens with two attached hydrogens (primary N) is 1. The van der Waals surface area contributed by atoms with Crippen LogP contribution in [0.1, 0.15) is 35.2 Å². The van der Waals surface area contributed by atoms with Crippen molar-refractivity contribution < 1.29 is 9.53 Å². The molecule has 2 N–H and O–H groups in total. The van der Waals surface area contributed by atoms with Gasteiger partial charge in [-0.2, -0.15) is 0 Å². The SMILES string of the molecule is Nc1cccc(OC(=O)c2ccc(-c3ccccc3)cc2CN2CCCCC2)c1. The van der Waals surface area contributed by atoms with Gasteiger partial charge in [-0.15, -0.1) is 0 Å². The van der Waals surface area contributed by atoms with Gasteiger partial charge in [-0.25, -0.2) is 4.79 Å². The van der Waals surface area contributed by atoms with Crippen molar-refractivity contribution in [2.75, 3.05) is 18.8 Å². The third-order valence-corrected chi connectivity index (χ3v) is 5.34. The van der Waals surface area contributed by atoms with E-state index in [-0.39, 0.29) is 5.97 Å². The number of carbonyl (C=O) groups is 1. The number of nitrogen functional groups attached to an aromatic ring is 1. The molecule has 0 aliphatic carbocycles. The molecule has 4 nitrogen and oxygen atoms in total. The van der Waals surface area contributed by atoms with E-state index in [2.05, 4.69) is 23.1 Å². The van der Waals surface area contributed by atoms with Crippen LogP contribution in [0.3, 0.4) is 0 Å². The lowest BCUT2D eigenvalue weighted by atomic mass is 9.98. The Bertz CT molecular complexity index is 979. The molecule has 0 bridgehead atoms. The van der Waals surface area contributed by atoms with E-state index < -0.39 is 0 Å². The fourth-order valence-corrected chi connectivity index (χ4v) is 3.83. The summed E-state index contributed by atoms with van der Waals surface area (Å²) in [6, 6.07) is 23.2. The summed E-state index contributed by atoms with van der Waals surface area (Å²) in [5.41, 5.74) is 10.2. The zero-order chi connectivity index (χ0) is 20.1. The molecular weight excluding hydrogens is 360 g/mol. The fraction of sp³-hybridized carbons (Fsp3) is 0.240. The zero-order valence-corrected chi connectivity index (χ0v) is 16.5. The minimum Gasteiger partial charge on any atom is -0.423 e. The molecule has 1 saturated heterocycles. The summed E-state index contributed by atoms with van der Waals surface area (Å²) in [4.78, 5) is 15.4. The van der Waals surface area contributed by atoms with Gasteiger partial charge in [0.2, 0.25) is 0 Å². The van der Waals surface area contributed by atoms with Gasteiger partial charge in [0.05, 0.1) is 5.56 Å². The van der Waals surface area contributed by atoms with Gasteiger partial charge in [0, 0.05) is 18.3 Å². The lowest BCUT2D eigenvalue weighted by Gasteiger charge is -2.27. The van der Waals surface area contributed by atoms with Gasteiger partial charge in [-0.05, 0) is 66.9 Å². The molecule has 1 fully saturated rings. The zero-order valence-electron chi connectivity index (χ0n) is 16.5. The summed E-state index contributed by atoms with van der Waals surface area (Å²) in [5.74, 6) is 0.119. The van der Waals surface area contributed by atoms with Gasteiger partial charge >= 0.3 is 5.97 Å². The Balaban J connectivity index is 1.64. The van der Waals surface area contributed by atoms with E-state index >= 15 is 0 Å². The smallest absolute Gasteiger partial charge is 0.343 e. The van der Waals surface area contributed by atoms with Gasteiger partial charge in [-0.1, -0.05) is 48.9 Å². The molecule has 0 saturated carbocycles. The second-order valence-corrected chi connectivity index (χ2v) is 7.54. The van der Waals surface area contributed by atoms with Crippen molar-refractivity contribution in [2.24, 2.45) is 0 Å². The third-order valence-electron chi connectivity index (χ3n) is 5.34. The molecule has 4 rings (SSSR count). The molecule has 3 aromatic rings. The van der Waals surface area contributed by atoms with E-state index in [0.29, 0.717) is 17.0 Å². The number of benzene rings is 3. The van der Waals surface area contributed by atoms with Crippen molar-refractivity contribution in [3.63, 3.8) is 0 Å². The standard InChI is InChI=1S/C25H26N2O2/c26-22-10-7-11-23(17-22)29-25(28)24-13-12-20(19-8-3-1-4-9-19)16-21(24)18-27-14-5-2-6-15-27/h1,3-4,7-13,16-17H,2,5-6,14-15,18,26H2. The predicted molar refractivity (Wildman–Crippen MR) is 117 cm³/mol. The molecule has 1 aliphatic rings. The Morgan fingerprint density at radius 3 is 2.41 bits per heavy atom. The van der Waals surface area contributed by atoms with Gasteiger partial charge < -0.3 is 10.5 Å². The molecule has 0 spiro atoms. The van der Waals surface area contributed by atoms with Crippen molar-refractivity contribution in [2.45, 2.75) is 25.8 Å². The molecule has 0 aromatic heterocycles. The molecule has 3 aromatic carbocycles. The van der Waals surface area contributed by atoms with Crippen LogP contribution >= 0.6 is 0 Å². The summed E-state index contributed by atoms with van der Waals surface area (Å²) >= 11 is 0. The van der Waals surface area contributed by atoms with Crippen molar-refractivity contribution in [1.82, 2.24) is 4.90 Å². The highest BCUT2D eigenvalue weighted by atomic mass is 16.5. The van der Waals surface area contributed by atoms with Crippen LogP contribution in [0.4, 0.5) is 5.69 Å². The molecule has 29 heavy (non-hydrogen) atoms. The van der Waals surface area contributed by atoms with Crippen LogP contribution in [0, 0.1) is 0 Å². The number of rotatable bonds is 5. The Morgan fingerprint density at radius 1 is 0.862 bits per heavy atom. The van der Waals surface area contributed by atoms with Crippen LogP contribution in [-0.4, -0.2) is 24.0 Å². The van der Waals surface area contributed by atoms with Crippen LogP contribution in [0.5, 0.6) is 5.75 Å². The van der Waals surface area contributed by atoms with Crippen LogP contribution in [0.25, 0.3) is 11.1 Å². The minimum atomic E-state index is -0.345. The first-order valence-electron chi connectivity index (χ1n) is 10.2. The number of hydrogen-bond acceptors (Lipinski definition) is 4. The van der Waals surface area contributed by atoms with Crippen molar-refractivity contribution in [3.05, 3.63) is 83.9 Å². The molecule has 0 atom stereocenters. The maximum atomic E-state index is 13.0. The van der Waals surface area contributed by atoms with E-state index in [1.807, 2.05) is 30.3 Å². The monoisotopic (exact) mass is 386 g/mol. The number of anilines is 1. The normalized spacial score (nSPS) is 14.5. The third kappa shape index (κ3) is 4.84. The van der Waals surface area contributed by atoms with E-state index in [0.717, 1.165) is 36.3 Å². The first kappa shape index (κ1) is 19.2. The first-order chi connectivity index (χ1) is 14.2. The largest absolute Gasteiger partial charge is 0.423 e. The van der Waals surface area contributed by atoms with Crippen LogP contribution in [0.15, 0.2) is 72.8 Å². The summed E-state index contributed by atoms with van der Waals surface area (Å²) in [6.45, 7) is 2.89. The summed E-state index contributed by atoms with van der Waals surface area (Å²) < 4.78 is 5.62. The fourth-order valence-electron chi connectivity index (χ4n) is 3.83. The average molecular weight is 386 g/mol. The summed E-state index contributed by atoms with van der Waals surface area (Å²) in [7, 11) is 0. The number of carbonyl (C=O) groups excluding carboxylic acids is 1. The van der Waals surface area contributed by atoms with Gasteiger partial charge in [0.1, 0.15) is 5.75 Å². The number of likely N-dealkylation sites (tertiary alicyclic amines) is 1. The van der Waals surface area contributed by atoms with E-state index in [9.17, 15) is 4.79 Å². The Morgan fingerprint density at radius 2 is 1.66 bits per heavy atom. The molecule has 0 amide bonds. The predicted octanol–water partition coefficient (Wildman–Crippen LogP) is 5.14.